The quantitative estimate of drug-likeness (QED) is 0.177. The Morgan fingerprint density at radius 2 is 1.33 bits per heavy atom. The molecule has 8 heteroatoms. The molecule has 0 N–H and O–H groups in total. The second kappa shape index (κ2) is 11.4. The van der Waals surface area contributed by atoms with Crippen molar-refractivity contribution in [1.29, 1.82) is 5.26 Å². The molecule has 0 heterocycles. The molecule has 1 unspecified atom stereocenters. The molecule has 0 saturated carbocycles. The number of benzene rings is 4. The molecule has 0 fully saturated rings. The van der Waals surface area contributed by atoms with Crippen LogP contribution in [-0.4, -0.2) is 0 Å². The summed E-state index contributed by atoms with van der Waals surface area (Å²) in [6.45, 7) is 1.82. The Kier molecular flexibility index (Phi) is 7.85. The molecule has 0 amide bonds. The molecule has 0 radical (unpaired) electrons. The molecule has 4 aromatic rings. The van der Waals surface area contributed by atoms with Gasteiger partial charge in [0.25, 0.3) is 0 Å². The monoisotopic (exact) mass is 491 g/mol. The van der Waals surface area contributed by atoms with E-state index in [1.807, 2.05) is 25.1 Å². The van der Waals surface area contributed by atoms with Crippen LogP contribution in [0.2, 0.25) is 0 Å². The highest BCUT2D eigenvalue weighted by Crippen LogP contribution is 2.30. The number of aryl methyl sites for hydroxylation is 1. The van der Waals surface area contributed by atoms with E-state index in [1.165, 1.54) is 54.6 Å². The predicted octanol–water partition coefficient (Wildman–Crippen LogP) is 7.71. The average molecular weight is 491 g/mol. The Hall–Kier alpha value is -4.32. The highest BCUT2D eigenvalue weighted by Gasteiger charge is 2.17. The van der Waals surface area contributed by atoms with Crippen LogP contribution in [0.15, 0.2) is 84.9 Å². The molecule has 0 bridgehead atoms. The van der Waals surface area contributed by atoms with Crippen molar-refractivity contribution in [3.63, 3.8) is 0 Å². The van der Waals surface area contributed by atoms with Crippen molar-refractivity contribution in [3.05, 3.63) is 119 Å². The first-order valence-electron chi connectivity index (χ1n) is 10.8. The summed E-state index contributed by atoms with van der Waals surface area (Å²) in [7, 11) is 0. The molecule has 4 aromatic carbocycles. The molecule has 0 spiro atoms. The Morgan fingerprint density at radius 1 is 0.750 bits per heavy atom. The van der Waals surface area contributed by atoms with E-state index in [2.05, 4.69) is 0 Å². The van der Waals surface area contributed by atoms with Crippen LogP contribution in [0, 0.1) is 35.7 Å². The van der Waals surface area contributed by atoms with E-state index < -0.39 is 23.6 Å². The van der Waals surface area contributed by atoms with E-state index in [-0.39, 0.29) is 29.4 Å². The minimum absolute atomic E-state index is 0.0119. The van der Waals surface area contributed by atoms with Crippen LogP contribution in [0.4, 0.5) is 13.2 Å². The number of ether oxygens (including phenoxy) is 2. The van der Waals surface area contributed by atoms with E-state index in [4.69, 9.17) is 19.2 Å². The molecular weight excluding hydrogens is 471 g/mol. The van der Waals surface area contributed by atoms with Crippen molar-refractivity contribution in [2.75, 3.05) is 0 Å². The van der Waals surface area contributed by atoms with Crippen LogP contribution >= 0.6 is 0 Å². The van der Waals surface area contributed by atoms with Gasteiger partial charge in [-0.05, 0) is 73.2 Å². The van der Waals surface area contributed by atoms with Gasteiger partial charge < -0.3 is 9.47 Å². The van der Waals surface area contributed by atoms with Crippen LogP contribution < -0.4 is 9.47 Å². The third kappa shape index (κ3) is 6.42. The largest absolute Gasteiger partial charge is 0.454 e. The van der Waals surface area contributed by atoms with Crippen LogP contribution in [0.3, 0.4) is 0 Å². The molecule has 0 aliphatic rings. The third-order valence-electron chi connectivity index (χ3n) is 5.05. The van der Waals surface area contributed by atoms with Crippen molar-refractivity contribution < 1.29 is 32.4 Å². The van der Waals surface area contributed by atoms with Gasteiger partial charge in [-0.15, -0.1) is 0 Å². The lowest BCUT2D eigenvalue weighted by Gasteiger charge is -2.13. The molecule has 0 aliphatic carbocycles. The number of halogens is 3. The number of rotatable bonds is 9. The first kappa shape index (κ1) is 24.8. The molecule has 1 atom stereocenters. The lowest BCUT2D eigenvalue weighted by Crippen LogP contribution is -2.04. The van der Waals surface area contributed by atoms with Crippen LogP contribution in [0.1, 0.15) is 22.8 Å². The maximum atomic E-state index is 14.2. The summed E-state index contributed by atoms with van der Waals surface area (Å²) in [5.41, 5.74) is 1.86. The van der Waals surface area contributed by atoms with E-state index in [1.54, 1.807) is 12.1 Å². The molecule has 4 rings (SSSR count). The lowest BCUT2D eigenvalue weighted by atomic mass is 10.1. The first-order valence-corrected chi connectivity index (χ1v) is 10.8. The predicted molar refractivity (Wildman–Crippen MR) is 125 cm³/mol. The van der Waals surface area contributed by atoms with Gasteiger partial charge in [0.05, 0.1) is 0 Å². The van der Waals surface area contributed by atoms with Gasteiger partial charge >= 0.3 is 0 Å². The van der Waals surface area contributed by atoms with Gasteiger partial charge in [0, 0.05) is 5.56 Å². The zero-order valence-electron chi connectivity index (χ0n) is 19.1. The molecule has 0 aliphatic heterocycles. The molecule has 0 aromatic heterocycles. The van der Waals surface area contributed by atoms with E-state index in [0.29, 0.717) is 11.3 Å². The molecule has 0 saturated heterocycles. The summed E-state index contributed by atoms with van der Waals surface area (Å²) >= 11 is 0. The lowest BCUT2D eigenvalue weighted by molar-refractivity contribution is -0.324. The number of hydrogen-bond donors (Lipinski definition) is 0. The second-order valence-electron chi connectivity index (χ2n) is 7.79. The smallest absolute Gasteiger partial charge is 0.204 e. The third-order valence-corrected chi connectivity index (χ3v) is 5.05. The summed E-state index contributed by atoms with van der Waals surface area (Å²) in [5.74, 6) is -1.13. The van der Waals surface area contributed by atoms with Crippen LogP contribution in [0.5, 0.6) is 23.0 Å². The van der Waals surface area contributed by atoms with Crippen LogP contribution in [0.25, 0.3) is 0 Å². The van der Waals surface area contributed by atoms with Crippen molar-refractivity contribution >= 4 is 0 Å². The minimum Gasteiger partial charge on any atom is -0.454 e. The molecule has 5 nitrogen and oxygen atoms in total. The Bertz CT molecular complexity index is 1370. The summed E-state index contributed by atoms with van der Waals surface area (Å²) in [5, 5.41) is 9.52. The minimum atomic E-state index is -1.20. The SMILES string of the molecule is Cc1ccc(Oc2cc(COOC(C#N)c3ccc(F)c(Oc4ccc(F)cc4)c3)ccc2F)cc1. The number of nitriles is 1. The van der Waals surface area contributed by atoms with Crippen molar-refractivity contribution in [1.82, 2.24) is 0 Å². The zero-order valence-corrected chi connectivity index (χ0v) is 19.1. The fourth-order valence-corrected chi connectivity index (χ4v) is 3.16. The van der Waals surface area contributed by atoms with Crippen molar-refractivity contribution in [3.8, 4) is 29.1 Å². The fourth-order valence-electron chi connectivity index (χ4n) is 3.16. The van der Waals surface area contributed by atoms with Gasteiger partial charge in [-0.2, -0.15) is 5.26 Å². The summed E-state index contributed by atoms with van der Waals surface area (Å²) in [4.78, 5) is 10.4. The van der Waals surface area contributed by atoms with E-state index in [9.17, 15) is 18.4 Å². The second-order valence-corrected chi connectivity index (χ2v) is 7.79. The summed E-state index contributed by atoms with van der Waals surface area (Å²) in [6.07, 6.45) is -1.20. The van der Waals surface area contributed by atoms with Crippen molar-refractivity contribution in [2.45, 2.75) is 19.6 Å². The standard InChI is InChI=1S/C28H20F3NO4/c1-18-2-8-22(9-3-18)34-26-14-19(4-12-24(26)30)17-33-36-28(16-32)20-5-13-25(31)27(15-20)35-23-10-6-21(29)7-11-23/h2-15,28H,17H2,1H3. The highest BCUT2D eigenvalue weighted by molar-refractivity contribution is 5.38. The maximum absolute atomic E-state index is 14.2. The summed E-state index contributed by atoms with van der Waals surface area (Å²) < 4.78 is 52.6. The van der Waals surface area contributed by atoms with E-state index in [0.717, 1.165) is 11.6 Å². The van der Waals surface area contributed by atoms with Crippen molar-refractivity contribution in [2.24, 2.45) is 0 Å². The van der Waals surface area contributed by atoms with Gasteiger partial charge in [-0.3, -0.25) is 0 Å². The number of hydrogen-bond acceptors (Lipinski definition) is 5. The molecule has 182 valence electrons. The van der Waals surface area contributed by atoms with Crippen LogP contribution in [-0.2, 0) is 16.4 Å². The van der Waals surface area contributed by atoms with E-state index >= 15 is 0 Å². The molecule has 36 heavy (non-hydrogen) atoms. The molecular formula is C28H20F3NO4. The Balaban J connectivity index is 1.40. The highest BCUT2D eigenvalue weighted by atomic mass is 19.1. The number of nitrogens with zero attached hydrogens (tertiary/aromatic N) is 1. The Labute approximate surface area is 205 Å². The first-order chi connectivity index (χ1) is 17.4. The van der Waals surface area contributed by atoms with Gasteiger partial charge in [0.15, 0.2) is 23.1 Å². The summed E-state index contributed by atoms with van der Waals surface area (Å²) in [6, 6.07) is 22.1. The Morgan fingerprint density at radius 3 is 1.97 bits per heavy atom. The maximum Gasteiger partial charge on any atom is 0.204 e. The average Bonchev–Trinajstić information content (AvgIpc) is 2.88. The van der Waals surface area contributed by atoms with Gasteiger partial charge in [-0.25, -0.2) is 22.9 Å². The normalized spacial score (nSPS) is 11.5. The topological polar surface area (TPSA) is 60.7 Å². The van der Waals surface area contributed by atoms with Gasteiger partial charge in [0.1, 0.15) is 30.0 Å². The van der Waals surface area contributed by atoms with Gasteiger partial charge in [0.2, 0.25) is 6.10 Å². The van der Waals surface area contributed by atoms with Gasteiger partial charge in [-0.1, -0.05) is 29.8 Å². The fraction of sp³-hybridized carbons (Fsp3) is 0.107. The zero-order chi connectivity index (χ0) is 25.5.